The van der Waals surface area contributed by atoms with Gasteiger partial charge in [-0.2, -0.15) is 47.9 Å². The van der Waals surface area contributed by atoms with Crippen LogP contribution in [0.4, 0.5) is 43.9 Å². The van der Waals surface area contributed by atoms with Gasteiger partial charge in [0, 0.05) is 6.42 Å². The van der Waals surface area contributed by atoms with Crippen molar-refractivity contribution in [2.75, 3.05) is 14.1 Å². The van der Waals surface area contributed by atoms with E-state index in [1.807, 2.05) is 14.1 Å². The molecule has 0 amide bonds. The summed E-state index contributed by atoms with van der Waals surface area (Å²) in [6, 6.07) is 0. The molecule has 1 atom stereocenters. The lowest BCUT2D eigenvalue weighted by atomic mass is 10.0. The lowest BCUT2D eigenvalue weighted by Gasteiger charge is -2.32. The molecule has 0 spiro atoms. The van der Waals surface area contributed by atoms with Gasteiger partial charge in [-0.15, -0.1) is 0 Å². The highest BCUT2D eigenvalue weighted by atomic mass is 32.2. The molecule has 0 aromatic rings. The van der Waals surface area contributed by atoms with Gasteiger partial charge < -0.3 is 5.32 Å². The van der Waals surface area contributed by atoms with E-state index >= 15 is 0 Å². The van der Waals surface area contributed by atoms with Crippen LogP contribution in [0.5, 0.6) is 0 Å². The maximum atomic E-state index is 12.8. The average molecular weight is 405 g/mol. The molecule has 0 aromatic heterocycles. The number of hydrogen-bond acceptors (Lipinski definition) is 3. The van der Waals surface area contributed by atoms with Crippen LogP contribution in [0.3, 0.4) is 0 Å². The first-order valence-electron chi connectivity index (χ1n) is 5.69. The first-order valence-corrected chi connectivity index (χ1v) is 7.13. The van der Waals surface area contributed by atoms with Crippen molar-refractivity contribution in [3.63, 3.8) is 0 Å². The smallest absolute Gasteiger partial charge is 0.323 e. The SMILES string of the molecule is CNC.O=S(=O)(O)C(F)(F)C(F)(F)C(F)(F)C(F)CCC(F)(F)F. The standard InChI is InChI=1S/C7H6F10O3S.C2H7N/c8-3(1-2-4(9,10)11)5(12,13)6(14,15)7(16,17)21(18,19)20;1-3-2/h3H,1-2H2,(H,18,19,20);3H,1-2H3. The van der Waals surface area contributed by atoms with Crippen molar-refractivity contribution in [1.29, 1.82) is 0 Å². The van der Waals surface area contributed by atoms with Crippen LogP contribution < -0.4 is 5.32 Å². The lowest BCUT2D eigenvalue weighted by molar-refractivity contribution is -0.301. The first-order chi connectivity index (χ1) is 10.3. The molecule has 15 heteroatoms. The Bertz CT molecular complexity index is 490. The van der Waals surface area contributed by atoms with E-state index in [9.17, 15) is 52.3 Å². The van der Waals surface area contributed by atoms with Gasteiger partial charge in [0.15, 0.2) is 6.17 Å². The second-order valence-corrected chi connectivity index (χ2v) is 5.77. The maximum absolute atomic E-state index is 12.8. The molecular weight excluding hydrogens is 392 g/mol. The fourth-order valence-corrected chi connectivity index (χ4v) is 1.48. The molecule has 4 nitrogen and oxygen atoms in total. The summed E-state index contributed by atoms with van der Waals surface area (Å²) in [6.07, 6.45) is -14.3. The predicted molar refractivity (Wildman–Crippen MR) is 61.6 cm³/mol. The molecule has 0 bridgehead atoms. The number of hydrogen-bond donors (Lipinski definition) is 2. The molecule has 1 unspecified atom stereocenters. The maximum Gasteiger partial charge on any atom is 0.438 e. The molecule has 2 N–H and O–H groups in total. The van der Waals surface area contributed by atoms with Crippen molar-refractivity contribution in [2.45, 2.75) is 42.3 Å². The van der Waals surface area contributed by atoms with Crippen molar-refractivity contribution < 1.29 is 56.9 Å². The lowest BCUT2D eigenvalue weighted by Crippen LogP contribution is -2.61. The quantitative estimate of drug-likeness (QED) is 0.526. The summed E-state index contributed by atoms with van der Waals surface area (Å²) in [6.45, 7) is 0. The molecule has 0 aliphatic heterocycles. The number of nitrogens with one attached hydrogen (secondary N) is 1. The Morgan fingerprint density at radius 3 is 1.54 bits per heavy atom. The highest BCUT2D eigenvalue weighted by Crippen LogP contribution is 2.51. The molecular formula is C9H13F10NO3S. The van der Waals surface area contributed by atoms with Crippen LogP contribution in [0.25, 0.3) is 0 Å². The fourth-order valence-electron chi connectivity index (χ4n) is 1.02. The summed E-state index contributed by atoms with van der Waals surface area (Å²) in [5.41, 5.74) is 0. The van der Waals surface area contributed by atoms with Crippen molar-refractivity contribution in [1.82, 2.24) is 5.32 Å². The zero-order valence-corrected chi connectivity index (χ0v) is 12.8. The van der Waals surface area contributed by atoms with E-state index in [1.165, 1.54) is 0 Å². The average Bonchev–Trinajstić information content (AvgIpc) is 2.33. The number of halogens is 10. The second kappa shape index (κ2) is 8.03. The molecule has 0 radical (unpaired) electrons. The first kappa shape index (κ1) is 25.4. The van der Waals surface area contributed by atoms with E-state index in [0.717, 1.165) is 0 Å². The zero-order valence-electron chi connectivity index (χ0n) is 11.9. The summed E-state index contributed by atoms with van der Waals surface area (Å²) in [5.74, 6) is -13.4. The Kier molecular flexibility index (Phi) is 8.50. The van der Waals surface area contributed by atoms with Gasteiger partial charge in [-0.1, -0.05) is 0 Å². The Morgan fingerprint density at radius 2 is 1.29 bits per heavy atom. The Balaban J connectivity index is 0. The summed E-state index contributed by atoms with van der Waals surface area (Å²) < 4.78 is 152. The van der Waals surface area contributed by atoms with Crippen molar-refractivity contribution in [3.8, 4) is 0 Å². The van der Waals surface area contributed by atoms with E-state index < -0.39 is 52.4 Å². The van der Waals surface area contributed by atoms with Crippen LogP contribution in [0, 0.1) is 0 Å². The van der Waals surface area contributed by atoms with Crippen LogP contribution in [0.15, 0.2) is 0 Å². The molecule has 0 aromatic carbocycles. The minimum absolute atomic E-state index is 1.88. The third-order valence-corrected chi connectivity index (χ3v) is 3.09. The Morgan fingerprint density at radius 1 is 0.958 bits per heavy atom. The summed E-state index contributed by atoms with van der Waals surface area (Å²) in [5, 5.41) is -4.05. The van der Waals surface area contributed by atoms with E-state index in [-0.39, 0.29) is 0 Å². The molecule has 0 aliphatic rings. The molecule has 0 heterocycles. The van der Waals surface area contributed by atoms with Crippen LogP contribution in [-0.4, -0.2) is 56.5 Å². The summed E-state index contributed by atoms with van der Waals surface area (Å²) >= 11 is 0. The highest BCUT2D eigenvalue weighted by Gasteiger charge is 2.79. The monoisotopic (exact) mass is 405 g/mol. The van der Waals surface area contributed by atoms with Gasteiger partial charge in [-0.25, -0.2) is 4.39 Å². The minimum atomic E-state index is -7.07. The molecule has 148 valence electrons. The predicted octanol–water partition coefficient (Wildman–Crippen LogP) is 3.25. The Labute approximate surface area is 129 Å². The Hall–Kier alpha value is -0.830. The van der Waals surface area contributed by atoms with Crippen molar-refractivity contribution >= 4 is 10.1 Å². The number of alkyl halides is 10. The molecule has 24 heavy (non-hydrogen) atoms. The third kappa shape index (κ3) is 5.91. The molecule has 0 aliphatic carbocycles. The largest absolute Gasteiger partial charge is 0.438 e. The number of rotatable bonds is 6. The van der Waals surface area contributed by atoms with Gasteiger partial charge >= 0.3 is 33.4 Å². The van der Waals surface area contributed by atoms with Gasteiger partial charge in [-0.05, 0) is 20.5 Å². The van der Waals surface area contributed by atoms with Crippen LogP contribution in [-0.2, 0) is 10.1 Å². The van der Waals surface area contributed by atoms with E-state index in [4.69, 9.17) is 4.55 Å². The molecule has 0 saturated carbocycles. The van der Waals surface area contributed by atoms with Gasteiger partial charge in [0.25, 0.3) is 0 Å². The summed E-state index contributed by atoms with van der Waals surface area (Å²) in [4.78, 5) is 0. The normalized spacial score (nSPS) is 15.5. The van der Waals surface area contributed by atoms with Crippen LogP contribution in [0.1, 0.15) is 12.8 Å². The highest BCUT2D eigenvalue weighted by molar-refractivity contribution is 7.87. The summed E-state index contributed by atoms with van der Waals surface area (Å²) in [7, 11) is -3.32. The van der Waals surface area contributed by atoms with Gasteiger partial charge in [0.05, 0.1) is 0 Å². The fraction of sp³-hybridized carbons (Fsp3) is 1.00. The van der Waals surface area contributed by atoms with Gasteiger partial charge in [0.2, 0.25) is 0 Å². The minimum Gasteiger partial charge on any atom is -0.323 e. The molecule has 0 rings (SSSR count). The zero-order chi connectivity index (χ0) is 20.2. The van der Waals surface area contributed by atoms with Gasteiger partial charge in [-0.3, -0.25) is 4.55 Å². The van der Waals surface area contributed by atoms with Crippen LogP contribution >= 0.6 is 0 Å². The van der Waals surface area contributed by atoms with Crippen molar-refractivity contribution in [3.05, 3.63) is 0 Å². The topological polar surface area (TPSA) is 66.4 Å². The molecule has 0 fully saturated rings. The van der Waals surface area contributed by atoms with E-state index in [2.05, 4.69) is 5.32 Å². The molecule has 0 saturated heterocycles. The van der Waals surface area contributed by atoms with Crippen LogP contribution in [0.2, 0.25) is 0 Å². The third-order valence-electron chi connectivity index (χ3n) is 2.18. The van der Waals surface area contributed by atoms with Crippen molar-refractivity contribution in [2.24, 2.45) is 0 Å². The van der Waals surface area contributed by atoms with E-state index in [0.29, 0.717) is 0 Å². The van der Waals surface area contributed by atoms with Gasteiger partial charge in [0.1, 0.15) is 0 Å². The second-order valence-electron chi connectivity index (χ2n) is 4.31. The van der Waals surface area contributed by atoms with E-state index in [1.54, 1.807) is 0 Å².